The van der Waals surface area contributed by atoms with Gasteiger partial charge in [-0.1, -0.05) is 32.4 Å². The Kier molecular flexibility index (Phi) is 11.6. The van der Waals surface area contributed by atoms with Crippen molar-refractivity contribution in [3.05, 3.63) is 29.8 Å². The van der Waals surface area contributed by atoms with Crippen LogP contribution >= 0.6 is 0 Å². The molecular formula is C24H38N4O4. The van der Waals surface area contributed by atoms with Crippen LogP contribution in [-0.2, 0) is 20.8 Å². The van der Waals surface area contributed by atoms with Gasteiger partial charge in [-0.2, -0.15) is 0 Å². The lowest BCUT2D eigenvalue weighted by Gasteiger charge is -2.28. The highest BCUT2D eigenvalue weighted by Gasteiger charge is 2.29. The molecular weight excluding hydrogens is 408 g/mol. The van der Waals surface area contributed by atoms with Gasteiger partial charge in [0.15, 0.2) is 5.78 Å². The molecule has 0 aliphatic carbocycles. The van der Waals surface area contributed by atoms with Crippen molar-refractivity contribution in [1.82, 2.24) is 4.90 Å². The molecule has 0 bridgehead atoms. The van der Waals surface area contributed by atoms with Crippen molar-refractivity contribution < 1.29 is 19.5 Å². The molecule has 0 saturated carbocycles. The molecule has 0 spiro atoms. The van der Waals surface area contributed by atoms with E-state index < -0.39 is 17.9 Å². The maximum absolute atomic E-state index is 13.2. The zero-order valence-corrected chi connectivity index (χ0v) is 19.5. The van der Waals surface area contributed by atoms with Crippen molar-refractivity contribution in [3.8, 4) is 5.75 Å². The van der Waals surface area contributed by atoms with Gasteiger partial charge in [-0.25, -0.2) is 0 Å². The van der Waals surface area contributed by atoms with E-state index in [9.17, 15) is 19.5 Å². The minimum absolute atomic E-state index is 0.0176. The molecule has 0 heterocycles. The van der Waals surface area contributed by atoms with Crippen molar-refractivity contribution in [2.75, 3.05) is 13.6 Å². The molecule has 0 aliphatic rings. The number of aromatic hydroxyl groups is 1. The lowest BCUT2D eigenvalue weighted by Crippen LogP contribution is -2.43. The first-order valence-electron chi connectivity index (χ1n) is 11.1. The van der Waals surface area contributed by atoms with Crippen molar-refractivity contribution in [2.45, 2.75) is 64.8 Å². The predicted molar refractivity (Wildman–Crippen MR) is 125 cm³/mol. The SMILES string of the molecule is CC(C)CC(=O)CN(C)[C@@H](CCCCC(=N)N)C(=O)C[C@@H](Cc1ccc(O)cc1)C(N)=O. The molecule has 1 aromatic rings. The van der Waals surface area contributed by atoms with Crippen LogP contribution in [0.1, 0.15) is 57.9 Å². The number of nitrogens with one attached hydrogen (secondary N) is 1. The molecule has 0 saturated heterocycles. The summed E-state index contributed by atoms with van der Waals surface area (Å²) in [4.78, 5) is 39.3. The van der Waals surface area contributed by atoms with Crippen LogP contribution in [0.4, 0.5) is 0 Å². The number of benzene rings is 1. The number of amides is 1. The third kappa shape index (κ3) is 10.5. The summed E-state index contributed by atoms with van der Waals surface area (Å²) in [6.45, 7) is 4.12. The molecule has 1 rings (SSSR count). The number of unbranched alkanes of at least 4 members (excludes halogenated alkanes) is 1. The van der Waals surface area contributed by atoms with Crippen LogP contribution in [-0.4, -0.2) is 52.9 Å². The lowest BCUT2D eigenvalue weighted by atomic mass is 9.89. The van der Waals surface area contributed by atoms with E-state index in [1.165, 1.54) is 12.1 Å². The predicted octanol–water partition coefficient (Wildman–Crippen LogP) is 2.41. The van der Waals surface area contributed by atoms with E-state index in [1.807, 2.05) is 13.8 Å². The van der Waals surface area contributed by atoms with Gasteiger partial charge >= 0.3 is 0 Å². The maximum Gasteiger partial charge on any atom is 0.221 e. The number of likely N-dealkylation sites (N-methyl/N-ethyl adjacent to an activating group) is 1. The van der Waals surface area contributed by atoms with Crippen molar-refractivity contribution >= 4 is 23.3 Å². The second-order valence-corrected chi connectivity index (χ2v) is 8.98. The normalized spacial score (nSPS) is 13.2. The fraction of sp³-hybridized carbons (Fsp3) is 0.583. The highest BCUT2D eigenvalue weighted by atomic mass is 16.3. The molecule has 178 valence electrons. The van der Waals surface area contributed by atoms with Gasteiger partial charge in [-0.15, -0.1) is 0 Å². The molecule has 0 aromatic heterocycles. The average molecular weight is 447 g/mol. The van der Waals surface area contributed by atoms with Gasteiger partial charge in [0, 0.05) is 25.2 Å². The summed E-state index contributed by atoms with van der Waals surface area (Å²) in [7, 11) is 1.75. The number of phenols is 1. The fourth-order valence-electron chi connectivity index (χ4n) is 3.76. The molecule has 8 nitrogen and oxygen atoms in total. The lowest BCUT2D eigenvalue weighted by molar-refractivity contribution is -0.131. The summed E-state index contributed by atoms with van der Waals surface area (Å²) in [5, 5.41) is 16.8. The number of phenolic OH excluding ortho intramolecular Hbond substituents is 1. The van der Waals surface area contributed by atoms with Gasteiger partial charge in [-0.05, 0) is 49.9 Å². The zero-order chi connectivity index (χ0) is 24.3. The quantitative estimate of drug-likeness (QED) is 0.174. The average Bonchev–Trinajstić information content (AvgIpc) is 2.67. The van der Waals surface area contributed by atoms with Crippen molar-refractivity contribution in [1.29, 1.82) is 5.41 Å². The number of rotatable bonds is 16. The summed E-state index contributed by atoms with van der Waals surface area (Å²) in [5.74, 6) is -0.818. The molecule has 0 aliphatic heterocycles. The van der Waals surface area contributed by atoms with Crippen LogP contribution in [0.25, 0.3) is 0 Å². The molecule has 0 unspecified atom stereocenters. The Morgan fingerprint density at radius 3 is 2.22 bits per heavy atom. The number of nitrogens with two attached hydrogens (primary N) is 2. The van der Waals surface area contributed by atoms with E-state index >= 15 is 0 Å². The second kappa shape index (κ2) is 13.6. The van der Waals surface area contributed by atoms with Crippen LogP contribution in [0, 0.1) is 17.2 Å². The van der Waals surface area contributed by atoms with Crippen LogP contribution in [0.2, 0.25) is 0 Å². The third-order valence-electron chi connectivity index (χ3n) is 5.41. The molecule has 1 aromatic carbocycles. The van der Waals surface area contributed by atoms with E-state index in [4.69, 9.17) is 16.9 Å². The van der Waals surface area contributed by atoms with Crippen molar-refractivity contribution in [3.63, 3.8) is 0 Å². The number of ketones is 2. The Labute approximate surface area is 190 Å². The van der Waals surface area contributed by atoms with Gasteiger partial charge in [0.05, 0.1) is 18.4 Å². The molecule has 8 heteroatoms. The van der Waals surface area contributed by atoms with E-state index in [2.05, 4.69) is 0 Å². The summed E-state index contributed by atoms with van der Waals surface area (Å²) < 4.78 is 0. The third-order valence-corrected chi connectivity index (χ3v) is 5.41. The van der Waals surface area contributed by atoms with Crippen LogP contribution in [0.5, 0.6) is 5.75 Å². The Balaban J connectivity index is 2.88. The Bertz CT molecular complexity index is 777. The zero-order valence-electron chi connectivity index (χ0n) is 19.5. The van der Waals surface area contributed by atoms with Crippen LogP contribution in [0.3, 0.4) is 0 Å². The number of primary amides is 1. The maximum atomic E-state index is 13.2. The minimum atomic E-state index is -0.675. The molecule has 2 atom stereocenters. The monoisotopic (exact) mass is 446 g/mol. The smallest absolute Gasteiger partial charge is 0.221 e. The Morgan fingerprint density at radius 1 is 1.06 bits per heavy atom. The van der Waals surface area contributed by atoms with Gasteiger partial charge in [0.25, 0.3) is 0 Å². The van der Waals surface area contributed by atoms with Crippen LogP contribution in [0.15, 0.2) is 24.3 Å². The highest BCUT2D eigenvalue weighted by molar-refractivity contribution is 5.90. The first-order valence-corrected chi connectivity index (χ1v) is 11.1. The first-order chi connectivity index (χ1) is 15.0. The summed E-state index contributed by atoms with van der Waals surface area (Å²) in [6, 6.07) is 5.94. The highest BCUT2D eigenvalue weighted by Crippen LogP contribution is 2.20. The molecule has 0 radical (unpaired) electrons. The molecule has 0 fully saturated rings. The Hall–Kier alpha value is -2.74. The van der Waals surface area contributed by atoms with E-state index in [0.717, 1.165) is 5.56 Å². The number of nitrogens with zero attached hydrogens (tertiary/aromatic N) is 1. The number of carbonyl (C=O) groups excluding carboxylic acids is 3. The number of hydrogen-bond acceptors (Lipinski definition) is 6. The summed E-state index contributed by atoms with van der Waals surface area (Å²) in [6.07, 6.45) is 3.06. The summed E-state index contributed by atoms with van der Waals surface area (Å²) >= 11 is 0. The van der Waals surface area contributed by atoms with Crippen LogP contribution < -0.4 is 11.5 Å². The Morgan fingerprint density at radius 2 is 1.69 bits per heavy atom. The van der Waals surface area contributed by atoms with Gasteiger partial charge in [-0.3, -0.25) is 24.7 Å². The molecule has 1 amide bonds. The van der Waals surface area contributed by atoms with Gasteiger partial charge in [0.2, 0.25) is 5.91 Å². The number of Topliss-reactive ketones (excluding diaryl/α,β-unsaturated/α-hetero) is 2. The minimum Gasteiger partial charge on any atom is -0.508 e. The number of hydrogen-bond donors (Lipinski definition) is 4. The molecule has 6 N–H and O–H groups in total. The molecule has 32 heavy (non-hydrogen) atoms. The van der Waals surface area contributed by atoms with Gasteiger partial charge < -0.3 is 16.6 Å². The van der Waals surface area contributed by atoms with Crippen molar-refractivity contribution in [2.24, 2.45) is 23.3 Å². The topological polar surface area (TPSA) is 151 Å². The summed E-state index contributed by atoms with van der Waals surface area (Å²) in [5.41, 5.74) is 11.8. The number of amidine groups is 1. The largest absolute Gasteiger partial charge is 0.508 e. The van der Waals surface area contributed by atoms with E-state index in [-0.39, 0.29) is 42.0 Å². The second-order valence-electron chi connectivity index (χ2n) is 8.98. The first kappa shape index (κ1) is 27.3. The standard InChI is InChI=1S/C24H38N4O4/c1-16(2)12-20(30)15-28(3)21(6-4-5-7-23(25)26)22(31)14-18(24(27)32)13-17-8-10-19(29)11-9-17/h8-11,16,18,21,29H,4-7,12-15H2,1-3H3,(H3,25,26)(H2,27,32)/t18-,21+/m1/s1. The fourth-order valence-corrected chi connectivity index (χ4v) is 3.76. The van der Waals surface area contributed by atoms with E-state index in [0.29, 0.717) is 38.5 Å². The van der Waals surface area contributed by atoms with E-state index in [1.54, 1.807) is 24.1 Å². The van der Waals surface area contributed by atoms with Gasteiger partial charge in [0.1, 0.15) is 11.5 Å². The number of carbonyl (C=O) groups is 3.